The number of thiocarbonyl (C=S) groups is 1. The highest BCUT2D eigenvalue weighted by molar-refractivity contribution is 7.80. The van der Waals surface area contributed by atoms with E-state index >= 15 is 0 Å². The van der Waals surface area contributed by atoms with Gasteiger partial charge in [-0.2, -0.15) is 0 Å². The van der Waals surface area contributed by atoms with Gasteiger partial charge in [0, 0.05) is 6.54 Å². The molecule has 0 atom stereocenters. The smallest absolute Gasteiger partial charge is 0.233 e. The zero-order valence-electron chi connectivity index (χ0n) is 10.8. The summed E-state index contributed by atoms with van der Waals surface area (Å²) in [5.74, 6) is 2.56. The molecule has 3 N–H and O–H groups in total. The molecule has 3 saturated carbocycles. The summed E-state index contributed by atoms with van der Waals surface area (Å²) in [6, 6.07) is 0. The monoisotopic (exact) mass is 266 g/mol. The van der Waals surface area contributed by atoms with E-state index in [4.69, 9.17) is 18.0 Å². The van der Waals surface area contributed by atoms with Crippen molar-refractivity contribution in [2.24, 2.45) is 28.9 Å². The lowest BCUT2D eigenvalue weighted by Gasteiger charge is -2.39. The van der Waals surface area contributed by atoms with E-state index in [1.807, 2.05) is 0 Å². The van der Waals surface area contributed by atoms with E-state index in [1.165, 1.54) is 25.7 Å². The SMILES string of the molecule is NC(=S)C1(C(=O)NCC(C2CC2)C2CC2)CCC1. The molecule has 3 fully saturated rings. The van der Waals surface area contributed by atoms with Crippen molar-refractivity contribution < 1.29 is 4.79 Å². The van der Waals surface area contributed by atoms with Gasteiger partial charge >= 0.3 is 0 Å². The number of carbonyl (C=O) groups excluding carboxylic acids is 1. The quantitative estimate of drug-likeness (QED) is 0.723. The molecule has 0 aliphatic heterocycles. The highest BCUT2D eigenvalue weighted by atomic mass is 32.1. The topological polar surface area (TPSA) is 55.1 Å². The molecular formula is C14H22N2OS. The Bertz CT molecular complexity index is 358. The predicted molar refractivity (Wildman–Crippen MR) is 75.0 cm³/mol. The van der Waals surface area contributed by atoms with Gasteiger partial charge in [0.15, 0.2) is 0 Å². The number of carbonyl (C=O) groups is 1. The molecule has 3 aliphatic carbocycles. The van der Waals surface area contributed by atoms with E-state index in [0.717, 1.165) is 43.6 Å². The van der Waals surface area contributed by atoms with Gasteiger partial charge in [-0.25, -0.2) is 0 Å². The molecule has 4 heteroatoms. The summed E-state index contributed by atoms with van der Waals surface area (Å²) < 4.78 is 0. The molecule has 100 valence electrons. The Kier molecular flexibility index (Phi) is 3.08. The fraction of sp³-hybridized carbons (Fsp3) is 0.857. The van der Waals surface area contributed by atoms with Gasteiger partial charge in [-0.05, 0) is 56.3 Å². The summed E-state index contributed by atoms with van der Waals surface area (Å²) in [5, 5.41) is 3.14. The standard InChI is InChI=1S/C14H22N2OS/c15-12(18)14(6-1-7-14)13(17)16-8-11(9-2-3-9)10-4-5-10/h9-11H,1-8H2,(H2,15,18)(H,16,17). The molecule has 0 spiro atoms. The molecule has 3 nitrogen and oxygen atoms in total. The van der Waals surface area contributed by atoms with Crippen molar-refractivity contribution in [3.05, 3.63) is 0 Å². The minimum absolute atomic E-state index is 0.0903. The van der Waals surface area contributed by atoms with Crippen molar-refractivity contribution in [3.8, 4) is 0 Å². The number of hydrogen-bond acceptors (Lipinski definition) is 2. The number of hydrogen-bond donors (Lipinski definition) is 2. The summed E-state index contributed by atoms with van der Waals surface area (Å²) in [7, 11) is 0. The summed E-state index contributed by atoms with van der Waals surface area (Å²) in [6.07, 6.45) is 8.18. The van der Waals surface area contributed by atoms with Crippen molar-refractivity contribution >= 4 is 23.1 Å². The van der Waals surface area contributed by atoms with Crippen LogP contribution in [0.3, 0.4) is 0 Å². The van der Waals surface area contributed by atoms with Crippen LogP contribution >= 0.6 is 12.2 Å². The van der Waals surface area contributed by atoms with Crippen molar-refractivity contribution in [1.82, 2.24) is 5.32 Å². The van der Waals surface area contributed by atoms with Crippen LogP contribution < -0.4 is 11.1 Å². The molecule has 0 heterocycles. The maximum absolute atomic E-state index is 12.3. The molecule has 0 saturated heterocycles. The fourth-order valence-corrected chi connectivity index (χ4v) is 3.56. The highest BCUT2D eigenvalue weighted by Crippen LogP contribution is 2.49. The van der Waals surface area contributed by atoms with Crippen molar-refractivity contribution in [2.75, 3.05) is 6.54 Å². The molecule has 1 amide bonds. The first-order valence-electron chi connectivity index (χ1n) is 7.22. The molecule has 0 unspecified atom stereocenters. The minimum atomic E-state index is -0.507. The summed E-state index contributed by atoms with van der Waals surface area (Å²) in [6.45, 7) is 0.846. The summed E-state index contributed by atoms with van der Waals surface area (Å²) in [5.41, 5.74) is 5.25. The van der Waals surface area contributed by atoms with Gasteiger partial charge in [-0.3, -0.25) is 4.79 Å². The molecule has 3 rings (SSSR count). The lowest BCUT2D eigenvalue weighted by atomic mass is 9.68. The van der Waals surface area contributed by atoms with E-state index in [0.29, 0.717) is 4.99 Å². The van der Waals surface area contributed by atoms with E-state index in [9.17, 15) is 4.79 Å². The van der Waals surface area contributed by atoms with Crippen molar-refractivity contribution in [2.45, 2.75) is 44.9 Å². The third-order valence-corrected chi connectivity index (χ3v) is 5.46. The molecule has 0 bridgehead atoms. The van der Waals surface area contributed by atoms with Crippen LogP contribution in [-0.4, -0.2) is 17.4 Å². The van der Waals surface area contributed by atoms with Gasteiger partial charge < -0.3 is 11.1 Å². The second-order valence-electron chi connectivity index (χ2n) is 6.35. The highest BCUT2D eigenvalue weighted by Gasteiger charge is 2.48. The van der Waals surface area contributed by atoms with Crippen LogP contribution in [0.5, 0.6) is 0 Å². The number of amides is 1. The first-order chi connectivity index (χ1) is 8.63. The third kappa shape index (κ3) is 2.15. The molecular weight excluding hydrogens is 244 g/mol. The zero-order valence-corrected chi connectivity index (χ0v) is 11.6. The Balaban J connectivity index is 1.55. The number of nitrogens with one attached hydrogen (secondary N) is 1. The van der Waals surface area contributed by atoms with Crippen LogP contribution in [0.1, 0.15) is 44.9 Å². The summed E-state index contributed by atoms with van der Waals surface area (Å²) in [4.78, 5) is 12.7. The maximum atomic E-state index is 12.3. The van der Waals surface area contributed by atoms with E-state index in [-0.39, 0.29) is 5.91 Å². The van der Waals surface area contributed by atoms with E-state index in [1.54, 1.807) is 0 Å². The molecule has 3 aliphatic rings. The first kappa shape index (κ1) is 12.4. The van der Waals surface area contributed by atoms with E-state index in [2.05, 4.69) is 5.32 Å². The van der Waals surface area contributed by atoms with Crippen LogP contribution in [0.15, 0.2) is 0 Å². The first-order valence-corrected chi connectivity index (χ1v) is 7.62. The van der Waals surface area contributed by atoms with Crippen LogP contribution in [0.4, 0.5) is 0 Å². The Morgan fingerprint density at radius 3 is 2.17 bits per heavy atom. The average molecular weight is 266 g/mol. The average Bonchev–Trinajstić information content (AvgIpc) is 3.11. The normalized spacial score (nSPS) is 25.6. The number of nitrogens with two attached hydrogens (primary N) is 1. The zero-order chi connectivity index (χ0) is 12.8. The molecule has 0 aromatic rings. The van der Waals surface area contributed by atoms with Crippen LogP contribution in [0.2, 0.25) is 0 Å². The van der Waals surface area contributed by atoms with Crippen molar-refractivity contribution in [3.63, 3.8) is 0 Å². The Morgan fingerprint density at radius 1 is 1.28 bits per heavy atom. The molecule has 0 radical (unpaired) electrons. The Hall–Kier alpha value is -0.640. The molecule has 0 aromatic heterocycles. The van der Waals surface area contributed by atoms with E-state index < -0.39 is 5.41 Å². The van der Waals surface area contributed by atoms with Crippen LogP contribution in [0, 0.1) is 23.2 Å². The van der Waals surface area contributed by atoms with Gasteiger partial charge in [-0.15, -0.1) is 0 Å². The van der Waals surface area contributed by atoms with Gasteiger partial charge in [-0.1, -0.05) is 18.6 Å². The van der Waals surface area contributed by atoms with Gasteiger partial charge in [0.25, 0.3) is 0 Å². The Labute approximate surface area is 114 Å². The summed E-state index contributed by atoms with van der Waals surface area (Å²) >= 11 is 5.08. The third-order valence-electron chi connectivity index (χ3n) is 5.07. The van der Waals surface area contributed by atoms with Gasteiger partial charge in [0.1, 0.15) is 0 Å². The second kappa shape index (κ2) is 4.48. The number of rotatable bonds is 6. The minimum Gasteiger partial charge on any atom is -0.392 e. The maximum Gasteiger partial charge on any atom is 0.233 e. The van der Waals surface area contributed by atoms with Crippen LogP contribution in [-0.2, 0) is 4.79 Å². The van der Waals surface area contributed by atoms with Crippen molar-refractivity contribution in [1.29, 1.82) is 0 Å². The largest absolute Gasteiger partial charge is 0.392 e. The van der Waals surface area contributed by atoms with Gasteiger partial charge in [0.2, 0.25) is 5.91 Å². The second-order valence-corrected chi connectivity index (χ2v) is 6.79. The lowest BCUT2D eigenvalue weighted by molar-refractivity contribution is -0.131. The Morgan fingerprint density at radius 2 is 1.83 bits per heavy atom. The molecule has 18 heavy (non-hydrogen) atoms. The lowest BCUT2D eigenvalue weighted by Crippen LogP contribution is -2.53. The van der Waals surface area contributed by atoms with Gasteiger partial charge in [0.05, 0.1) is 10.4 Å². The van der Waals surface area contributed by atoms with Crippen LogP contribution in [0.25, 0.3) is 0 Å². The fourth-order valence-electron chi connectivity index (χ4n) is 3.26. The predicted octanol–water partition coefficient (Wildman–Crippen LogP) is 2.00. The molecule has 0 aromatic carbocycles.